The number of amides is 1. The summed E-state index contributed by atoms with van der Waals surface area (Å²) >= 11 is 0. The SMILES string of the molecule is CCC(=O)N(CC#N)C(C)C.O=CO. The molecule has 80 valence electrons. The van der Waals surface area contributed by atoms with E-state index in [4.69, 9.17) is 15.2 Å². The maximum atomic E-state index is 11.1. The number of hydrogen-bond acceptors (Lipinski definition) is 3. The highest BCUT2D eigenvalue weighted by atomic mass is 16.3. The van der Waals surface area contributed by atoms with Crippen molar-refractivity contribution in [1.29, 1.82) is 5.26 Å². The van der Waals surface area contributed by atoms with Crippen molar-refractivity contribution in [2.45, 2.75) is 33.2 Å². The van der Waals surface area contributed by atoms with Crippen molar-refractivity contribution in [2.75, 3.05) is 6.54 Å². The normalized spacial score (nSPS) is 8.21. The zero-order valence-electron chi connectivity index (χ0n) is 8.73. The standard InChI is InChI=1S/C8H14N2O.CH2O2/c1-4-8(11)10(6-5-9)7(2)3;2-1-3/h7H,4,6H2,1-3H3;1H,(H,2,3). The first-order chi connectivity index (χ1) is 6.54. The molecule has 0 bridgehead atoms. The molecule has 0 radical (unpaired) electrons. The van der Waals surface area contributed by atoms with Crippen LogP contribution < -0.4 is 0 Å². The minimum Gasteiger partial charge on any atom is -0.483 e. The van der Waals surface area contributed by atoms with Gasteiger partial charge in [-0.3, -0.25) is 9.59 Å². The van der Waals surface area contributed by atoms with Crippen LogP contribution >= 0.6 is 0 Å². The van der Waals surface area contributed by atoms with Crippen LogP contribution in [0.1, 0.15) is 27.2 Å². The quantitative estimate of drug-likeness (QED) is 0.541. The third-order valence-electron chi connectivity index (χ3n) is 1.49. The third-order valence-corrected chi connectivity index (χ3v) is 1.49. The number of carboxylic acid groups (broad SMARTS) is 1. The molecule has 0 fully saturated rings. The highest BCUT2D eigenvalue weighted by Gasteiger charge is 2.13. The van der Waals surface area contributed by atoms with Crippen LogP contribution in [0.2, 0.25) is 0 Å². The summed E-state index contributed by atoms with van der Waals surface area (Å²) in [4.78, 5) is 21.0. The van der Waals surface area contributed by atoms with E-state index in [-0.39, 0.29) is 25.0 Å². The van der Waals surface area contributed by atoms with Gasteiger partial charge in [0.2, 0.25) is 5.91 Å². The maximum Gasteiger partial charge on any atom is 0.290 e. The smallest absolute Gasteiger partial charge is 0.290 e. The third kappa shape index (κ3) is 7.10. The molecule has 0 atom stereocenters. The van der Waals surface area contributed by atoms with Crippen molar-refractivity contribution in [3.05, 3.63) is 0 Å². The van der Waals surface area contributed by atoms with Gasteiger partial charge in [-0.1, -0.05) is 6.92 Å². The summed E-state index contributed by atoms with van der Waals surface area (Å²) in [5.74, 6) is 0.0431. The van der Waals surface area contributed by atoms with Gasteiger partial charge in [-0.2, -0.15) is 5.26 Å². The first-order valence-corrected chi connectivity index (χ1v) is 4.29. The van der Waals surface area contributed by atoms with Gasteiger partial charge in [0.05, 0.1) is 6.07 Å². The first kappa shape index (κ1) is 14.9. The van der Waals surface area contributed by atoms with E-state index >= 15 is 0 Å². The lowest BCUT2D eigenvalue weighted by Gasteiger charge is -2.22. The largest absolute Gasteiger partial charge is 0.483 e. The second-order valence-corrected chi connectivity index (χ2v) is 2.73. The minimum absolute atomic E-state index is 0.0431. The second kappa shape index (κ2) is 9.52. The van der Waals surface area contributed by atoms with Gasteiger partial charge in [0, 0.05) is 12.5 Å². The fourth-order valence-electron chi connectivity index (χ4n) is 0.838. The average molecular weight is 200 g/mol. The molecule has 1 amide bonds. The second-order valence-electron chi connectivity index (χ2n) is 2.73. The van der Waals surface area contributed by atoms with E-state index < -0.39 is 0 Å². The van der Waals surface area contributed by atoms with Crippen LogP contribution in [-0.4, -0.2) is 35.0 Å². The van der Waals surface area contributed by atoms with Crippen LogP contribution in [0.5, 0.6) is 0 Å². The van der Waals surface area contributed by atoms with Crippen molar-refractivity contribution < 1.29 is 14.7 Å². The van der Waals surface area contributed by atoms with E-state index in [2.05, 4.69) is 0 Å². The van der Waals surface area contributed by atoms with Gasteiger partial charge in [0.1, 0.15) is 6.54 Å². The molecule has 0 aromatic carbocycles. The molecule has 0 saturated heterocycles. The Morgan fingerprint density at radius 3 is 2.29 bits per heavy atom. The molecule has 0 unspecified atom stereocenters. The molecule has 0 aromatic rings. The Kier molecular flexibility index (Phi) is 10.1. The van der Waals surface area contributed by atoms with Crippen LogP contribution in [0.15, 0.2) is 0 Å². The molecule has 0 rings (SSSR count). The monoisotopic (exact) mass is 200 g/mol. The van der Waals surface area contributed by atoms with Gasteiger partial charge in [0.25, 0.3) is 6.47 Å². The summed E-state index contributed by atoms with van der Waals surface area (Å²) in [6, 6.07) is 2.10. The minimum atomic E-state index is -0.250. The average Bonchev–Trinajstić information content (AvgIpc) is 2.14. The predicted molar refractivity (Wildman–Crippen MR) is 51.4 cm³/mol. The van der Waals surface area contributed by atoms with E-state index in [0.29, 0.717) is 6.42 Å². The van der Waals surface area contributed by atoms with Gasteiger partial charge < -0.3 is 10.0 Å². The predicted octanol–water partition coefficient (Wildman–Crippen LogP) is 0.858. The zero-order chi connectivity index (χ0) is 11.6. The number of hydrogen-bond donors (Lipinski definition) is 1. The molecule has 5 nitrogen and oxygen atoms in total. The summed E-state index contributed by atoms with van der Waals surface area (Å²) in [7, 11) is 0. The van der Waals surface area contributed by atoms with Crippen LogP contribution in [0.25, 0.3) is 0 Å². The first-order valence-electron chi connectivity index (χ1n) is 4.29. The Labute approximate surface area is 83.9 Å². The summed E-state index contributed by atoms with van der Waals surface area (Å²) < 4.78 is 0. The number of nitriles is 1. The van der Waals surface area contributed by atoms with Crippen LogP contribution in [0, 0.1) is 11.3 Å². The summed E-state index contributed by atoms with van der Waals surface area (Å²) in [6.45, 7) is 5.56. The Balaban J connectivity index is 0. The molecule has 0 saturated carbocycles. The van der Waals surface area contributed by atoms with Gasteiger partial charge in [-0.25, -0.2) is 0 Å². The molecular formula is C9H16N2O3. The van der Waals surface area contributed by atoms with Gasteiger partial charge in [0.15, 0.2) is 0 Å². The highest BCUT2D eigenvalue weighted by Crippen LogP contribution is 1.99. The van der Waals surface area contributed by atoms with Gasteiger partial charge in [-0.05, 0) is 13.8 Å². The Morgan fingerprint density at radius 2 is 2.07 bits per heavy atom. The Bertz CT molecular complexity index is 209. The number of carbonyl (C=O) groups is 2. The highest BCUT2D eigenvalue weighted by molar-refractivity contribution is 5.76. The number of carbonyl (C=O) groups excluding carboxylic acids is 1. The van der Waals surface area contributed by atoms with E-state index in [0.717, 1.165) is 0 Å². The topological polar surface area (TPSA) is 81.4 Å². The molecule has 0 spiro atoms. The van der Waals surface area contributed by atoms with Crippen molar-refractivity contribution in [3.8, 4) is 6.07 Å². The van der Waals surface area contributed by atoms with Gasteiger partial charge in [-0.15, -0.1) is 0 Å². The molecule has 0 aliphatic heterocycles. The lowest BCUT2D eigenvalue weighted by atomic mass is 10.3. The zero-order valence-corrected chi connectivity index (χ0v) is 8.73. The fourth-order valence-corrected chi connectivity index (χ4v) is 0.838. The van der Waals surface area contributed by atoms with Crippen molar-refractivity contribution >= 4 is 12.4 Å². The van der Waals surface area contributed by atoms with Crippen molar-refractivity contribution in [1.82, 2.24) is 4.90 Å². The molecule has 0 aromatic heterocycles. The van der Waals surface area contributed by atoms with E-state index in [1.165, 1.54) is 0 Å². The Morgan fingerprint density at radius 1 is 1.64 bits per heavy atom. The van der Waals surface area contributed by atoms with Crippen LogP contribution in [0.4, 0.5) is 0 Å². The summed E-state index contributed by atoms with van der Waals surface area (Å²) in [6.07, 6.45) is 0.472. The molecule has 0 heterocycles. The van der Waals surface area contributed by atoms with Gasteiger partial charge >= 0.3 is 0 Å². The lowest BCUT2D eigenvalue weighted by molar-refractivity contribution is -0.131. The number of rotatable bonds is 3. The molecule has 0 aliphatic rings. The summed E-state index contributed by atoms with van der Waals surface area (Å²) in [5, 5.41) is 15.3. The number of nitrogens with zero attached hydrogens (tertiary/aromatic N) is 2. The molecule has 1 N–H and O–H groups in total. The molecular weight excluding hydrogens is 184 g/mol. The van der Waals surface area contributed by atoms with E-state index in [1.54, 1.807) is 11.8 Å². The fraction of sp³-hybridized carbons (Fsp3) is 0.667. The molecule has 0 aliphatic carbocycles. The maximum absolute atomic E-state index is 11.1. The van der Waals surface area contributed by atoms with Crippen molar-refractivity contribution in [3.63, 3.8) is 0 Å². The van der Waals surface area contributed by atoms with Crippen molar-refractivity contribution in [2.24, 2.45) is 0 Å². The van der Waals surface area contributed by atoms with E-state index in [1.807, 2.05) is 19.9 Å². The van der Waals surface area contributed by atoms with Crippen LogP contribution in [-0.2, 0) is 9.59 Å². The molecule has 5 heteroatoms. The van der Waals surface area contributed by atoms with E-state index in [9.17, 15) is 4.79 Å². The molecule has 14 heavy (non-hydrogen) atoms. The van der Waals surface area contributed by atoms with Crippen LogP contribution in [0.3, 0.4) is 0 Å². The summed E-state index contributed by atoms with van der Waals surface area (Å²) in [5.41, 5.74) is 0. The lowest BCUT2D eigenvalue weighted by Crippen LogP contribution is -2.36. The Hall–Kier alpha value is -1.57.